The number of allylic oxidation sites excluding steroid dienone is 4. The van der Waals surface area contributed by atoms with E-state index >= 15 is 0 Å². The molecule has 2 aromatic carbocycles. The molecule has 0 radical (unpaired) electrons. The maximum absolute atomic E-state index is 11.8. The average molecular weight is 454 g/mol. The molecule has 172 valence electrons. The van der Waals surface area contributed by atoms with E-state index in [1.165, 1.54) is 5.57 Å². The first kappa shape index (κ1) is 22.0. The maximum atomic E-state index is 11.8. The number of aromatic nitrogens is 2. The largest absolute Gasteiger partial charge is 0.478 e. The Hall–Kier alpha value is -3.77. The molecule has 0 spiro atoms. The number of hydrogen-bond donors (Lipinski definition) is 2. The summed E-state index contributed by atoms with van der Waals surface area (Å²) in [5.74, 6) is 0.319. The minimum Gasteiger partial charge on any atom is -0.478 e. The highest BCUT2D eigenvalue weighted by atomic mass is 16.5. The van der Waals surface area contributed by atoms with Gasteiger partial charge in [0.25, 0.3) is 0 Å². The van der Waals surface area contributed by atoms with Crippen LogP contribution in [-0.4, -0.2) is 34.3 Å². The van der Waals surface area contributed by atoms with Gasteiger partial charge in [0.05, 0.1) is 5.56 Å². The lowest BCUT2D eigenvalue weighted by Gasteiger charge is -2.17. The van der Waals surface area contributed by atoms with Crippen LogP contribution in [0.15, 0.2) is 76.9 Å². The summed E-state index contributed by atoms with van der Waals surface area (Å²) in [6.07, 6.45) is 13.4. The summed E-state index contributed by atoms with van der Waals surface area (Å²) in [5.41, 5.74) is 6.41. The fraction of sp³-hybridized carbons (Fsp3) is 0.250. The van der Waals surface area contributed by atoms with Crippen LogP contribution in [-0.2, 0) is 6.42 Å². The van der Waals surface area contributed by atoms with E-state index < -0.39 is 5.97 Å². The molecule has 6 heteroatoms. The number of carboxylic acids is 1. The van der Waals surface area contributed by atoms with Gasteiger partial charge in [-0.3, -0.25) is 0 Å². The van der Waals surface area contributed by atoms with Crippen molar-refractivity contribution in [1.29, 1.82) is 0 Å². The second-order valence-electron chi connectivity index (χ2n) is 8.60. The van der Waals surface area contributed by atoms with Crippen LogP contribution in [0, 0.1) is 0 Å². The van der Waals surface area contributed by atoms with E-state index in [0.29, 0.717) is 17.3 Å². The van der Waals surface area contributed by atoms with Crippen molar-refractivity contribution in [3.63, 3.8) is 0 Å². The number of nitrogens with zero attached hydrogens (tertiary/aromatic N) is 2. The van der Waals surface area contributed by atoms with Gasteiger partial charge in [-0.05, 0) is 66.6 Å². The van der Waals surface area contributed by atoms with Crippen LogP contribution in [0.1, 0.15) is 47.5 Å². The number of carbonyl (C=O) groups is 1. The average Bonchev–Trinajstić information content (AvgIpc) is 3.37. The fourth-order valence-corrected chi connectivity index (χ4v) is 4.43. The predicted molar refractivity (Wildman–Crippen MR) is 132 cm³/mol. The standard InChI is InChI=1S/C28H27N3O3/c32-28(33)24-12-11-23(18-25(24)21-14-16-29-17-15-21)20-7-9-22(10-8-20)27-30-26(34-31-27)13-6-19-4-2-1-3-5-19/h2,4-5,7-12,14,18,29H,1,3,6,13,15-17H2,(H,32,33). The van der Waals surface area contributed by atoms with Crippen molar-refractivity contribution < 1.29 is 14.4 Å². The molecule has 0 atom stereocenters. The van der Waals surface area contributed by atoms with Gasteiger partial charge in [0.15, 0.2) is 0 Å². The van der Waals surface area contributed by atoms with Gasteiger partial charge >= 0.3 is 5.97 Å². The number of aryl methyl sites for hydroxylation is 1. The molecule has 1 aromatic heterocycles. The molecule has 0 saturated carbocycles. The third-order valence-electron chi connectivity index (χ3n) is 6.30. The number of nitrogens with one attached hydrogen (secondary N) is 1. The minimum atomic E-state index is -0.903. The van der Waals surface area contributed by atoms with Crippen molar-refractivity contribution in [2.24, 2.45) is 0 Å². The van der Waals surface area contributed by atoms with Crippen molar-refractivity contribution in [2.75, 3.05) is 13.1 Å². The fourth-order valence-electron chi connectivity index (χ4n) is 4.43. The third kappa shape index (κ3) is 4.92. The molecule has 0 bridgehead atoms. The lowest BCUT2D eigenvalue weighted by molar-refractivity contribution is 0.0696. The molecule has 1 aliphatic carbocycles. The first-order valence-corrected chi connectivity index (χ1v) is 11.7. The summed E-state index contributed by atoms with van der Waals surface area (Å²) in [6.45, 7) is 1.61. The van der Waals surface area contributed by atoms with E-state index in [-0.39, 0.29) is 0 Å². The summed E-state index contributed by atoms with van der Waals surface area (Å²) in [5, 5.41) is 17.1. The van der Waals surface area contributed by atoms with Gasteiger partial charge in [0.1, 0.15) is 0 Å². The number of carboxylic acid groups (broad SMARTS) is 1. The zero-order chi connectivity index (χ0) is 23.3. The number of aromatic carboxylic acids is 1. The van der Waals surface area contributed by atoms with Crippen LogP contribution >= 0.6 is 0 Å². The Bertz CT molecular complexity index is 1280. The van der Waals surface area contributed by atoms with E-state index in [0.717, 1.165) is 73.0 Å². The van der Waals surface area contributed by atoms with Gasteiger partial charge in [0, 0.05) is 18.5 Å². The van der Waals surface area contributed by atoms with Crippen LogP contribution in [0.25, 0.3) is 28.1 Å². The predicted octanol–water partition coefficient (Wildman–Crippen LogP) is 5.69. The lowest BCUT2D eigenvalue weighted by Crippen LogP contribution is -2.20. The van der Waals surface area contributed by atoms with E-state index in [1.54, 1.807) is 6.07 Å². The molecular weight excluding hydrogens is 426 g/mol. The monoisotopic (exact) mass is 453 g/mol. The van der Waals surface area contributed by atoms with Crippen LogP contribution in [0.4, 0.5) is 0 Å². The Kier molecular flexibility index (Phi) is 6.49. The highest BCUT2D eigenvalue weighted by Crippen LogP contribution is 2.30. The zero-order valence-corrected chi connectivity index (χ0v) is 19.0. The third-order valence-corrected chi connectivity index (χ3v) is 6.30. The SMILES string of the molecule is O=C(O)c1ccc(-c2ccc(-c3noc(CCC4=CCCC=C4)n3)cc2)cc1C1=CCNCC1. The van der Waals surface area contributed by atoms with Crippen LogP contribution in [0.3, 0.4) is 0 Å². The van der Waals surface area contributed by atoms with Crippen LogP contribution < -0.4 is 5.32 Å². The molecule has 2 aliphatic rings. The quantitative estimate of drug-likeness (QED) is 0.478. The molecule has 6 nitrogen and oxygen atoms in total. The summed E-state index contributed by atoms with van der Waals surface area (Å²) >= 11 is 0. The van der Waals surface area contributed by atoms with Gasteiger partial charge in [-0.15, -0.1) is 0 Å². The van der Waals surface area contributed by atoms with Crippen molar-refractivity contribution >= 4 is 11.5 Å². The van der Waals surface area contributed by atoms with Gasteiger partial charge < -0.3 is 14.9 Å². The van der Waals surface area contributed by atoms with E-state index in [1.807, 2.05) is 36.4 Å². The molecule has 5 rings (SSSR count). The number of rotatable bonds is 7. The Balaban J connectivity index is 1.34. The highest BCUT2D eigenvalue weighted by molar-refractivity contribution is 5.95. The normalized spacial score (nSPS) is 15.6. The first-order valence-electron chi connectivity index (χ1n) is 11.7. The summed E-state index contributed by atoms with van der Waals surface area (Å²) in [7, 11) is 0. The molecular formula is C28H27N3O3. The van der Waals surface area contributed by atoms with Crippen molar-refractivity contribution in [2.45, 2.75) is 32.1 Å². The summed E-state index contributed by atoms with van der Waals surface area (Å²) < 4.78 is 5.46. The first-order chi connectivity index (χ1) is 16.7. The highest BCUT2D eigenvalue weighted by Gasteiger charge is 2.17. The Labute approximate surface area is 198 Å². The van der Waals surface area contributed by atoms with Gasteiger partial charge in [0.2, 0.25) is 11.7 Å². The summed E-state index contributed by atoms with van der Waals surface area (Å²) in [4.78, 5) is 16.3. The molecule has 3 aromatic rings. The molecule has 1 aliphatic heterocycles. The van der Waals surface area contributed by atoms with Crippen LogP contribution in [0.5, 0.6) is 0 Å². The van der Waals surface area contributed by atoms with Crippen molar-refractivity contribution in [3.05, 3.63) is 89.4 Å². The lowest BCUT2D eigenvalue weighted by atomic mass is 9.91. The second kappa shape index (κ2) is 10.0. The van der Waals surface area contributed by atoms with Gasteiger partial charge in [-0.25, -0.2) is 4.79 Å². The molecule has 34 heavy (non-hydrogen) atoms. The van der Waals surface area contributed by atoms with Crippen molar-refractivity contribution in [1.82, 2.24) is 15.5 Å². The molecule has 0 fully saturated rings. The Morgan fingerprint density at radius 3 is 2.56 bits per heavy atom. The maximum Gasteiger partial charge on any atom is 0.336 e. The zero-order valence-electron chi connectivity index (χ0n) is 19.0. The Morgan fingerprint density at radius 1 is 1.00 bits per heavy atom. The number of hydrogen-bond acceptors (Lipinski definition) is 5. The van der Waals surface area contributed by atoms with E-state index in [2.05, 4.69) is 39.8 Å². The molecule has 0 amide bonds. The number of benzene rings is 2. The topological polar surface area (TPSA) is 88.2 Å². The van der Waals surface area contributed by atoms with E-state index in [4.69, 9.17) is 4.52 Å². The molecule has 0 unspecified atom stereocenters. The smallest absolute Gasteiger partial charge is 0.336 e. The van der Waals surface area contributed by atoms with Crippen molar-refractivity contribution in [3.8, 4) is 22.5 Å². The molecule has 2 N–H and O–H groups in total. The second-order valence-corrected chi connectivity index (χ2v) is 8.60. The molecule has 0 saturated heterocycles. The van der Waals surface area contributed by atoms with E-state index in [9.17, 15) is 9.90 Å². The van der Waals surface area contributed by atoms with Gasteiger partial charge in [-0.2, -0.15) is 4.98 Å². The van der Waals surface area contributed by atoms with Crippen LogP contribution in [0.2, 0.25) is 0 Å². The summed E-state index contributed by atoms with van der Waals surface area (Å²) in [6, 6.07) is 13.5. The Morgan fingerprint density at radius 2 is 1.82 bits per heavy atom. The minimum absolute atomic E-state index is 0.340. The molecule has 2 heterocycles. The van der Waals surface area contributed by atoms with Gasteiger partial charge in [-0.1, -0.05) is 65.4 Å².